The highest BCUT2D eigenvalue weighted by Crippen LogP contribution is 2.28. The third-order valence-corrected chi connectivity index (χ3v) is 4.44. The van der Waals surface area contributed by atoms with Gasteiger partial charge in [-0.3, -0.25) is 0 Å². The number of benzene rings is 1. The number of hydrogen-bond acceptors (Lipinski definition) is 5. The van der Waals surface area contributed by atoms with Crippen LogP contribution in [-0.2, 0) is 14.2 Å². The molecule has 2 saturated heterocycles. The van der Waals surface area contributed by atoms with E-state index in [1.54, 1.807) is 0 Å². The summed E-state index contributed by atoms with van der Waals surface area (Å²) in [5.41, 5.74) is 1.27. The standard InChI is InChI=1S/C19H27NO4/c1-19(2,3)24-17(21)14-4-6-16(7-5-14)20-10-8-15(9-11-20)18-22-12-13-23-18/h4-7,15,18H,8-13H2,1-3H3. The Morgan fingerprint density at radius 2 is 1.67 bits per heavy atom. The summed E-state index contributed by atoms with van der Waals surface area (Å²) in [7, 11) is 0. The molecule has 2 aliphatic rings. The second kappa shape index (κ2) is 7.11. The van der Waals surface area contributed by atoms with E-state index in [0.29, 0.717) is 11.5 Å². The van der Waals surface area contributed by atoms with Crippen molar-refractivity contribution in [2.75, 3.05) is 31.2 Å². The van der Waals surface area contributed by atoms with E-state index < -0.39 is 5.60 Å². The third-order valence-electron chi connectivity index (χ3n) is 4.44. The molecule has 2 heterocycles. The van der Waals surface area contributed by atoms with Crippen molar-refractivity contribution in [2.24, 2.45) is 5.92 Å². The maximum Gasteiger partial charge on any atom is 0.338 e. The highest BCUT2D eigenvalue weighted by molar-refractivity contribution is 5.90. The maximum absolute atomic E-state index is 12.1. The van der Waals surface area contributed by atoms with E-state index in [-0.39, 0.29) is 12.3 Å². The van der Waals surface area contributed by atoms with Gasteiger partial charge >= 0.3 is 5.97 Å². The lowest BCUT2D eigenvalue weighted by Gasteiger charge is -2.35. The molecule has 0 unspecified atom stereocenters. The van der Waals surface area contributed by atoms with Gasteiger partial charge in [-0.1, -0.05) is 0 Å². The van der Waals surface area contributed by atoms with Crippen LogP contribution in [0.1, 0.15) is 44.0 Å². The molecule has 3 rings (SSSR count). The monoisotopic (exact) mass is 333 g/mol. The largest absolute Gasteiger partial charge is 0.456 e. The fourth-order valence-electron chi connectivity index (χ4n) is 3.22. The lowest BCUT2D eigenvalue weighted by atomic mass is 9.95. The van der Waals surface area contributed by atoms with Crippen LogP contribution in [-0.4, -0.2) is 44.2 Å². The molecule has 0 spiro atoms. The number of esters is 1. The molecule has 0 radical (unpaired) electrons. The third kappa shape index (κ3) is 4.28. The van der Waals surface area contributed by atoms with E-state index >= 15 is 0 Å². The predicted molar refractivity (Wildman–Crippen MR) is 92.2 cm³/mol. The van der Waals surface area contributed by atoms with E-state index in [1.165, 1.54) is 0 Å². The number of carbonyl (C=O) groups excluding carboxylic acids is 1. The zero-order valence-corrected chi connectivity index (χ0v) is 14.8. The molecule has 1 aromatic rings. The second-order valence-corrected chi connectivity index (χ2v) is 7.48. The smallest absolute Gasteiger partial charge is 0.338 e. The zero-order valence-electron chi connectivity index (χ0n) is 14.8. The van der Waals surface area contributed by atoms with Crippen LogP contribution >= 0.6 is 0 Å². The molecule has 0 bridgehead atoms. The summed E-state index contributed by atoms with van der Waals surface area (Å²) < 4.78 is 16.6. The minimum Gasteiger partial charge on any atom is -0.456 e. The topological polar surface area (TPSA) is 48.0 Å². The van der Waals surface area contributed by atoms with Gasteiger partial charge in [0.1, 0.15) is 5.60 Å². The first-order valence-corrected chi connectivity index (χ1v) is 8.74. The Labute approximate surface area is 143 Å². The Hall–Kier alpha value is -1.59. The second-order valence-electron chi connectivity index (χ2n) is 7.48. The lowest BCUT2D eigenvalue weighted by molar-refractivity contribution is -0.0889. The average Bonchev–Trinajstić information content (AvgIpc) is 3.08. The summed E-state index contributed by atoms with van der Waals surface area (Å²) in [6.07, 6.45) is 2.12. The lowest BCUT2D eigenvalue weighted by Crippen LogP contribution is -2.38. The molecule has 1 aromatic carbocycles. The maximum atomic E-state index is 12.1. The molecule has 5 nitrogen and oxygen atoms in total. The van der Waals surface area contributed by atoms with Crippen LogP contribution in [0.25, 0.3) is 0 Å². The molecule has 2 fully saturated rings. The van der Waals surface area contributed by atoms with E-state index in [1.807, 2.05) is 45.0 Å². The number of anilines is 1. The summed E-state index contributed by atoms with van der Waals surface area (Å²) >= 11 is 0. The van der Waals surface area contributed by atoms with Gasteiger partial charge < -0.3 is 19.1 Å². The first kappa shape index (κ1) is 17.2. The Balaban J connectivity index is 1.55. The number of ether oxygens (including phenoxy) is 3. The van der Waals surface area contributed by atoms with Gasteiger partial charge in [0.05, 0.1) is 18.8 Å². The Bertz CT molecular complexity index is 550. The van der Waals surface area contributed by atoms with Crippen molar-refractivity contribution in [3.63, 3.8) is 0 Å². The predicted octanol–water partition coefficient (Wildman–Crippen LogP) is 3.23. The average molecular weight is 333 g/mol. The van der Waals surface area contributed by atoms with E-state index in [2.05, 4.69) is 4.90 Å². The molecule has 24 heavy (non-hydrogen) atoms. The summed E-state index contributed by atoms with van der Waals surface area (Å²) in [6, 6.07) is 7.70. The van der Waals surface area contributed by atoms with Crippen LogP contribution in [0.4, 0.5) is 5.69 Å². The van der Waals surface area contributed by atoms with Crippen molar-refractivity contribution in [1.29, 1.82) is 0 Å². The molecule has 0 atom stereocenters. The molecule has 2 aliphatic heterocycles. The van der Waals surface area contributed by atoms with Crippen LogP contribution in [0, 0.1) is 5.92 Å². The van der Waals surface area contributed by atoms with Gasteiger partial charge in [0.2, 0.25) is 0 Å². The van der Waals surface area contributed by atoms with Gasteiger partial charge in [-0.2, -0.15) is 0 Å². The van der Waals surface area contributed by atoms with Crippen LogP contribution < -0.4 is 4.90 Å². The number of nitrogens with zero attached hydrogens (tertiary/aromatic N) is 1. The van der Waals surface area contributed by atoms with Crippen molar-refractivity contribution < 1.29 is 19.0 Å². The fraction of sp³-hybridized carbons (Fsp3) is 0.632. The first-order valence-electron chi connectivity index (χ1n) is 8.74. The van der Waals surface area contributed by atoms with Crippen LogP contribution in [0.2, 0.25) is 0 Å². The number of hydrogen-bond donors (Lipinski definition) is 0. The van der Waals surface area contributed by atoms with E-state index in [9.17, 15) is 4.79 Å². The molecule has 0 aliphatic carbocycles. The van der Waals surface area contributed by atoms with Gasteiger partial charge in [0.25, 0.3) is 0 Å². The molecule has 0 saturated carbocycles. The summed E-state index contributed by atoms with van der Waals surface area (Å²) in [5.74, 6) is 0.216. The summed E-state index contributed by atoms with van der Waals surface area (Å²) in [4.78, 5) is 14.4. The number of piperidine rings is 1. The van der Waals surface area contributed by atoms with Crippen molar-refractivity contribution in [2.45, 2.75) is 45.5 Å². The zero-order chi connectivity index (χ0) is 17.2. The molecular weight excluding hydrogens is 306 g/mol. The Morgan fingerprint density at radius 3 is 2.21 bits per heavy atom. The molecule has 5 heteroatoms. The first-order chi connectivity index (χ1) is 11.4. The van der Waals surface area contributed by atoms with Gasteiger partial charge in [-0.25, -0.2) is 4.79 Å². The van der Waals surface area contributed by atoms with Crippen LogP contribution in [0.5, 0.6) is 0 Å². The van der Waals surface area contributed by atoms with Crippen molar-refractivity contribution >= 4 is 11.7 Å². The summed E-state index contributed by atoms with van der Waals surface area (Å²) in [6.45, 7) is 9.04. The quantitative estimate of drug-likeness (QED) is 0.795. The van der Waals surface area contributed by atoms with Gasteiger partial charge in [-0.15, -0.1) is 0 Å². The molecule has 0 amide bonds. The van der Waals surface area contributed by atoms with Crippen LogP contribution in [0.3, 0.4) is 0 Å². The number of carbonyl (C=O) groups is 1. The van der Waals surface area contributed by atoms with Crippen molar-refractivity contribution in [3.05, 3.63) is 29.8 Å². The minimum absolute atomic E-state index is 0.0123. The van der Waals surface area contributed by atoms with Gasteiger partial charge in [0, 0.05) is 24.7 Å². The molecular formula is C19H27NO4. The number of rotatable bonds is 3. The van der Waals surface area contributed by atoms with Gasteiger partial charge in [0.15, 0.2) is 6.29 Å². The molecule has 0 N–H and O–H groups in total. The summed E-state index contributed by atoms with van der Waals surface area (Å²) in [5, 5.41) is 0. The van der Waals surface area contributed by atoms with Crippen molar-refractivity contribution in [3.8, 4) is 0 Å². The fourth-order valence-corrected chi connectivity index (χ4v) is 3.22. The van der Waals surface area contributed by atoms with E-state index in [4.69, 9.17) is 14.2 Å². The minimum atomic E-state index is -0.470. The van der Waals surface area contributed by atoms with Gasteiger partial charge in [-0.05, 0) is 57.9 Å². The molecule has 0 aromatic heterocycles. The Kier molecular flexibility index (Phi) is 5.11. The highest BCUT2D eigenvalue weighted by Gasteiger charge is 2.30. The SMILES string of the molecule is CC(C)(C)OC(=O)c1ccc(N2CCC(C3OCCO3)CC2)cc1. The van der Waals surface area contributed by atoms with Crippen molar-refractivity contribution in [1.82, 2.24) is 0 Å². The normalized spacial score (nSPS) is 20.4. The van der Waals surface area contributed by atoms with Crippen LogP contribution in [0.15, 0.2) is 24.3 Å². The molecule has 132 valence electrons. The Morgan fingerprint density at radius 1 is 1.08 bits per heavy atom. The van der Waals surface area contributed by atoms with E-state index in [0.717, 1.165) is 44.8 Å². The highest BCUT2D eigenvalue weighted by atomic mass is 16.7.